The predicted octanol–water partition coefficient (Wildman–Crippen LogP) is 1.82. The molecule has 0 aliphatic heterocycles. The minimum Gasteiger partial charge on any atom is -0.217 e. The van der Waals surface area contributed by atoms with Gasteiger partial charge < -0.3 is 0 Å². The van der Waals surface area contributed by atoms with Crippen LogP contribution in [0.15, 0.2) is 0 Å². The summed E-state index contributed by atoms with van der Waals surface area (Å²) in [6.45, 7) is 3.84. The van der Waals surface area contributed by atoms with E-state index < -0.39 is 8.87 Å². The van der Waals surface area contributed by atoms with Crippen molar-refractivity contribution in [1.29, 1.82) is 0 Å². The molecule has 0 aliphatic carbocycles. The van der Waals surface area contributed by atoms with Crippen molar-refractivity contribution >= 4 is 20.5 Å². The van der Waals surface area contributed by atoms with Gasteiger partial charge in [-0.1, -0.05) is 20.3 Å². The normalized spacial score (nSPS) is 15.1. The summed E-state index contributed by atoms with van der Waals surface area (Å²) >= 11 is 3.54. The highest BCUT2D eigenvalue weighted by molar-refractivity contribution is 8.63. The van der Waals surface area contributed by atoms with Crippen LogP contribution in [0.3, 0.4) is 0 Å². The van der Waals surface area contributed by atoms with Crippen molar-refractivity contribution in [2.24, 2.45) is 0 Å². The first kappa shape index (κ1) is 10.3. The SMILES string of the molecule is CCC[C@H](CC)S(=O)(=O)S. The maximum Gasteiger partial charge on any atom is 0.201 e. The molecule has 0 unspecified atom stereocenters. The van der Waals surface area contributed by atoms with E-state index in [0.29, 0.717) is 6.42 Å². The lowest BCUT2D eigenvalue weighted by Crippen LogP contribution is -2.14. The van der Waals surface area contributed by atoms with E-state index in [2.05, 4.69) is 11.7 Å². The molecular formula is C6H14O2S2. The molecule has 0 bridgehead atoms. The Balaban J connectivity index is 4.08. The zero-order valence-corrected chi connectivity index (χ0v) is 8.08. The Labute approximate surface area is 67.7 Å². The van der Waals surface area contributed by atoms with Crippen molar-refractivity contribution in [3.8, 4) is 0 Å². The molecule has 0 spiro atoms. The molecular weight excluding hydrogens is 168 g/mol. The third-order valence-corrected chi connectivity index (χ3v) is 3.79. The minimum absolute atomic E-state index is 0.249. The van der Waals surface area contributed by atoms with Crippen LogP contribution in [-0.2, 0) is 8.87 Å². The van der Waals surface area contributed by atoms with E-state index in [1.807, 2.05) is 13.8 Å². The zero-order chi connectivity index (χ0) is 8.20. The van der Waals surface area contributed by atoms with Crippen LogP contribution in [0, 0.1) is 0 Å². The smallest absolute Gasteiger partial charge is 0.201 e. The van der Waals surface area contributed by atoms with Gasteiger partial charge in [0.25, 0.3) is 0 Å². The highest BCUT2D eigenvalue weighted by Gasteiger charge is 2.17. The summed E-state index contributed by atoms with van der Waals surface area (Å²) in [7, 11) is -3.08. The van der Waals surface area contributed by atoms with Gasteiger partial charge in [-0.2, -0.15) is 0 Å². The van der Waals surface area contributed by atoms with Gasteiger partial charge in [0.1, 0.15) is 0 Å². The first-order chi connectivity index (χ1) is 4.52. The highest BCUT2D eigenvalue weighted by atomic mass is 33.1. The van der Waals surface area contributed by atoms with Gasteiger partial charge in [0.05, 0.1) is 5.25 Å². The predicted molar refractivity (Wildman–Crippen MR) is 46.9 cm³/mol. The summed E-state index contributed by atoms with van der Waals surface area (Å²) in [6, 6.07) is 0. The summed E-state index contributed by atoms with van der Waals surface area (Å²) in [5, 5.41) is -0.249. The fourth-order valence-electron chi connectivity index (χ4n) is 0.886. The second kappa shape index (κ2) is 4.23. The van der Waals surface area contributed by atoms with Gasteiger partial charge in [-0.15, -0.1) is 0 Å². The summed E-state index contributed by atoms with van der Waals surface area (Å²) in [5.41, 5.74) is 0. The lowest BCUT2D eigenvalue weighted by Gasteiger charge is -2.08. The molecule has 0 fully saturated rings. The maximum atomic E-state index is 10.8. The first-order valence-corrected chi connectivity index (χ1v) is 6.08. The van der Waals surface area contributed by atoms with E-state index in [-0.39, 0.29) is 5.25 Å². The topological polar surface area (TPSA) is 34.1 Å². The third-order valence-electron chi connectivity index (χ3n) is 1.49. The van der Waals surface area contributed by atoms with Crippen LogP contribution in [0.25, 0.3) is 0 Å². The number of hydrogen-bond acceptors (Lipinski definition) is 2. The van der Waals surface area contributed by atoms with Gasteiger partial charge in [0.15, 0.2) is 0 Å². The van der Waals surface area contributed by atoms with Crippen molar-refractivity contribution in [1.82, 2.24) is 0 Å². The fourth-order valence-corrected chi connectivity index (χ4v) is 2.60. The number of rotatable bonds is 4. The molecule has 0 aliphatic rings. The van der Waals surface area contributed by atoms with E-state index in [1.54, 1.807) is 0 Å². The van der Waals surface area contributed by atoms with Crippen LogP contribution in [-0.4, -0.2) is 13.7 Å². The molecule has 0 aromatic rings. The Morgan fingerprint density at radius 1 is 1.40 bits per heavy atom. The van der Waals surface area contributed by atoms with E-state index in [9.17, 15) is 8.42 Å². The Kier molecular flexibility index (Phi) is 4.36. The molecule has 2 nitrogen and oxygen atoms in total. The van der Waals surface area contributed by atoms with Crippen LogP contribution in [0.4, 0.5) is 0 Å². The molecule has 10 heavy (non-hydrogen) atoms. The standard InChI is InChI=1S/C6H14O2S2/c1-3-5-6(4-2)10(7,8)9/h6H,3-5H2,1-2H3,(H,7,8,9)/t6-/m0/s1. The Morgan fingerprint density at radius 3 is 2.00 bits per heavy atom. The van der Waals surface area contributed by atoms with Crippen molar-refractivity contribution in [2.75, 3.05) is 0 Å². The highest BCUT2D eigenvalue weighted by Crippen LogP contribution is 2.15. The largest absolute Gasteiger partial charge is 0.217 e. The number of hydrogen-bond donors (Lipinski definition) is 1. The molecule has 0 saturated heterocycles. The van der Waals surface area contributed by atoms with E-state index in [1.165, 1.54) is 0 Å². The van der Waals surface area contributed by atoms with Crippen LogP contribution >= 0.6 is 11.7 Å². The van der Waals surface area contributed by atoms with E-state index in [0.717, 1.165) is 12.8 Å². The van der Waals surface area contributed by atoms with Crippen LogP contribution in [0.2, 0.25) is 0 Å². The Hall–Kier alpha value is 0.300. The van der Waals surface area contributed by atoms with Gasteiger partial charge in [-0.3, -0.25) is 0 Å². The van der Waals surface area contributed by atoms with Crippen molar-refractivity contribution in [3.63, 3.8) is 0 Å². The lowest BCUT2D eigenvalue weighted by molar-refractivity contribution is 0.579. The molecule has 62 valence electrons. The summed E-state index contributed by atoms with van der Waals surface area (Å²) in [4.78, 5) is 0. The molecule has 0 heterocycles. The lowest BCUT2D eigenvalue weighted by atomic mass is 10.2. The second-order valence-electron chi connectivity index (χ2n) is 2.33. The van der Waals surface area contributed by atoms with E-state index in [4.69, 9.17) is 0 Å². The molecule has 0 saturated carbocycles. The first-order valence-electron chi connectivity index (χ1n) is 3.48. The van der Waals surface area contributed by atoms with Crippen molar-refractivity contribution in [3.05, 3.63) is 0 Å². The average Bonchev–Trinajstić information content (AvgIpc) is 1.80. The zero-order valence-electron chi connectivity index (χ0n) is 6.37. The van der Waals surface area contributed by atoms with Gasteiger partial charge in [-0.25, -0.2) is 8.42 Å². The molecule has 4 heteroatoms. The second-order valence-corrected chi connectivity index (χ2v) is 5.56. The van der Waals surface area contributed by atoms with Gasteiger partial charge in [0.2, 0.25) is 8.87 Å². The Bertz CT molecular complexity index is 172. The molecule has 0 rings (SSSR count). The monoisotopic (exact) mass is 182 g/mol. The average molecular weight is 182 g/mol. The van der Waals surface area contributed by atoms with Gasteiger partial charge in [-0.05, 0) is 24.5 Å². The molecule has 0 N–H and O–H groups in total. The molecule has 0 amide bonds. The maximum absolute atomic E-state index is 10.8. The summed E-state index contributed by atoms with van der Waals surface area (Å²) in [5.74, 6) is 0. The fraction of sp³-hybridized carbons (Fsp3) is 1.00. The molecule has 0 radical (unpaired) electrons. The van der Waals surface area contributed by atoms with Crippen molar-refractivity contribution < 1.29 is 8.42 Å². The van der Waals surface area contributed by atoms with Crippen LogP contribution in [0.1, 0.15) is 33.1 Å². The quantitative estimate of drug-likeness (QED) is 0.531. The van der Waals surface area contributed by atoms with Crippen LogP contribution in [0.5, 0.6) is 0 Å². The summed E-state index contributed by atoms with van der Waals surface area (Å²) < 4.78 is 21.6. The molecule has 0 aromatic heterocycles. The van der Waals surface area contributed by atoms with Crippen molar-refractivity contribution in [2.45, 2.75) is 38.4 Å². The molecule has 0 aromatic carbocycles. The molecule has 1 atom stereocenters. The Morgan fingerprint density at radius 2 is 1.90 bits per heavy atom. The third kappa shape index (κ3) is 3.46. The van der Waals surface area contributed by atoms with Crippen LogP contribution < -0.4 is 0 Å². The summed E-state index contributed by atoms with van der Waals surface area (Å²) in [6.07, 6.45) is 2.29. The van der Waals surface area contributed by atoms with Gasteiger partial charge in [0, 0.05) is 0 Å². The van der Waals surface area contributed by atoms with E-state index >= 15 is 0 Å². The number of thiol groups is 1. The van der Waals surface area contributed by atoms with Gasteiger partial charge >= 0.3 is 0 Å². The minimum atomic E-state index is -3.08.